The molecule has 1 fully saturated rings. The standard InChI is InChI=1S/C16H19BrClFO/c1-10(2)9-16(7-3-4-8-16)15(20)11-5-6-12(17)13(18)14(11)19/h5-6,10H,3-4,7-9H2,1-2H3. The first-order valence-electron chi connectivity index (χ1n) is 7.06. The summed E-state index contributed by atoms with van der Waals surface area (Å²) in [7, 11) is 0. The van der Waals surface area contributed by atoms with Crippen molar-refractivity contribution in [2.75, 3.05) is 0 Å². The Labute approximate surface area is 133 Å². The average Bonchev–Trinajstić information content (AvgIpc) is 2.84. The van der Waals surface area contributed by atoms with E-state index in [-0.39, 0.29) is 16.4 Å². The Hall–Kier alpha value is -0.410. The van der Waals surface area contributed by atoms with Crippen molar-refractivity contribution in [1.29, 1.82) is 0 Å². The van der Waals surface area contributed by atoms with Crippen molar-refractivity contribution in [2.45, 2.75) is 46.0 Å². The van der Waals surface area contributed by atoms with E-state index in [2.05, 4.69) is 29.8 Å². The Balaban J connectivity index is 2.41. The first-order chi connectivity index (χ1) is 9.37. The van der Waals surface area contributed by atoms with Gasteiger partial charge in [0.2, 0.25) is 0 Å². The van der Waals surface area contributed by atoms with Gasteiger partial charge in [-0.3, -0.25) is 4.79 Å². The predicted molar refractivity (Wildman–Crippen MR) is 83.8 cm³/mol. The van der Waals surface area contributed by atoms with Crippen molar-refractivity contribution < 1.29 is 9.18 Å². The monoisotopic (exact) mass is 360 g/mol. The van der Waals surface area contributed by atoms with E-state index in [1.807, 2.05) is 0 Å². The number of carbonyl (C=O) groups is 1. The van der Waals surface area contributed by atoms with Gasteiger partial charge in [0.1, 0.15) is 0 Å². The highest BCUT2D eigenvalue weighted by Crippen LogP contribution is 2.46. The maximum Gasteiger partial charge on any atom is 0.172 e. The van der Waals surface area contributed by atoms with Gasteiger partial charge in [-0.05, 0) is 53.2 Å². The molecule has 0 atom stereocenters. The number of hydrogen-bond donors (Lipinski definition) is 0. The third-order valence-corrected chi connectivity index (χ3v) is 5.38. The van der Waals surface area contributed by atoms with Gasteiger partial charge in [0.05, 0.1) is 10.6 Å². The average molecular weight is 362 g/mol. The van der Waals surface area contributed by atoms with Crippen LogP contribution in [0.1, 0.15) is 56.3 Å². The fraction of sp³-hybridized carbons (Fsp3) is 0.562. The summed E-state index contributed by atoms with van der Waals surface area (Å²) in [6.45, 7) is 4.22. The van der Waals surface area contributed by atoms with Crippen molar-refractivity contribution in [3.05, 3.63) is 33.0 Å². The van der Waals surface area contributed by atoms with Gasteiger partial charge < -0.3 is 0 Å². The van der Waals surface area contributed by atoms with Gasteiger partial charge in [-0.15, -0.1) is 0 Å². The first-order valence-corrected chi connectivity index (χ1v) is 8.23. The summed E-state index contributed by atoms with van der Waals surface area (Å²) in [6.07, 6.45) is 4.63. The van der Waals surface area contributed by atoms with Crippen molar-refractivity contribution in [1.82, 2.24) is 0 Å². The molecule has 110 valence electrons. The van der Waals surface area contributed by atoms with Crippen LogP contribution in [0, 0.1) is 17.2 Å². The van der Waals surface area contributed by atoms with E-state index in [0.29, 0.717) is 10.4 Å². The molecule has 0 N–H and O–H groups in total. The minimum absolute atomic E-state index is 0.00598. The molecule has 0 amide bonds. The van der Waals surface area contributed by atoms with Gasteiger partial charge in [-0.2, -0.15) is 0 Å². The smallest absolute Gasteiger partial charge is 0.172 e. The van der Waals surface area contributed by atoms with E-state index in [0.717, 1.165) is 32.1 Å². The second kappa shape index (κ2) is 6.15. The van der Waals surface area contributed by atoms with Crippen LogP contribution in [0.2, 0.25) is 5.02 Å². The maximum absolute atomic E-state index is 14.3. The topological polar surface area (TPSA) is 17.1 Å². The molecule has 0 aromatic heterocycles. The van der Waals surface area contributed by atoms with E-state index in [1.54, 1.807) is 12.1 Å². The summed E-state index contributed by atoms with van der Waals surface area (Å²) in [5, 5.41) is -0.00598. The highest BCUT2D eigenvalue weighted by Gasteiger charge is 2.42. The number of rotatable bonds is 4. The van der Waals surface area contributed by atoms with Crippen LogP contribution in [-0.4, -0.2) is 5.78 Å². The second-order valence-electron chi connectivity index (χ2n) is 6.14. The molecule has 1 aromatic carbocycles. The van der Waals surface area contributed by atoms with Crippen molar-refractivity contribution in [3.63, 3.8) is 0 Å². The highest BCUT2D eigenvalue weighted by molar-refractivity contribution is 9.10. The van der Waals surface area contributed by atoms with Gasteiger partial charge in [0, 0.05) is 9.89 Å². The van der Waals surface area contributed by atoms with Crippen LogP contribution in [-0.2, 0) is 0 Å². The lowest BCUT2D eigenvalue weighted by Crippen LogP contribution is -2.30. The van der Waals surface area contributed by atoms with E-state index in [1.165, 1.54) is 0 Å². The Morgan fingerprint density at radius 3 is 2.55 bits per heavy atom. The summed E-state index contributed by atoms with van der Waals surface area (Å²) < 4.78 is 14.8. The predicted octanol–water partition coefficient (Wildman–Crippen LogP) is 6.03. The highest BCUT2D eigenvalue weighted by atomic mass is 79.9. The Morgan fingerprint density at radius 1 is 1.40 bits per heavy atom. The lowest BCUT2D eigenvalue weighted by Gasteiger charge is -2.29. The van der Waals surface area contributed by atoms with E-state index in [9.17, 15) is 9.18 Å². The summed E-state index contributed by atoms with van der Waals surface area (Å²) in [5.41, 5.74) is -0.257. The molecular weight excluding hydrogens is 343 g/mol. The summed E-state index contributed by atoms with van der Waals surface area (Å²) in [6, 6.07) is 3.20. The molecule has 1 aliphatic carbocycles. The molecule has 0 unspecified atom stereocenters. The van der Waals surface area contributed by atoms with E-state index >= 15 is 0 Å². The molecule has 0 radical (unpaired) electrons. The molecule has 1 nitrogen and oxygen atoms in total. The van der Waals surface area contributed by atoms with Gasteiger partial charge in [-0.1, -0.05) is 38.3 Å². The van der Waals surface area contributed by atoms with E-state index < -0.39 is 11.2 Å². The van der Waals surface area contributed by atoms with Crippen molar-refractivity contribution >= 4 is 33.3 Å². The van der Waals surface area contributed by atoms with Crippen LogP contribution in [0.3, 0.4) is 0 Å². The number of Topliss-reactive ketones (excluding diaryl/α,β-unsaturated/α-hetero) is 1. The lowest BCUT2D eigenvalue weighted by atomic mass is 9.73. The second-order valence-corrected chi connectivity index (χ2v) is 7.37. The number of ketones is 1. The van der Waals surface area contributed by atoms with Gasteiger partial charge in [0.15, 0.2) is 11.6 Å². The first kappa shape index (κ1) is 16.0. The number of benzene rings is 1. The zero-order valence-electron chi connectivity index (χ0n) is 11.8. The van der Waals surface area contributed by atoms with Crippen LogP contribution < -0.4 is 0 Å². The normalized spacial score (nSPS) is 17.7. The molecule has 0 aliphatic heterocycles. The van der Waals surface area contributed by atoms with Crippen LogP contribution >= 0.6 is 27.5 Å². The molecule has 4 heteroatoms. The summed E-state index contributed by atoms with van der Waals surface area (Å²) >= 11 is 9.09. The molecule has 20 heavy (non-hydrogen) atoms. The van der Waals surface area contributed by atoms with Crippen LogP contribution in [0.15, 0.2) is 16.6 Å². The third-order valence-electron chi connectivity index (χ3n) is 4.12. The fourth-order valence-electron chi connectivity index (χ4n) is 3.34. The van der Waals surface area contributed by atoms with E-state index in [4.69, 9.17) is 11.6 Å². The molecule has 0 spiro atoms. The number of halogens is 3. The Kier molecular flexibility index (Phi) is 4.91. The number of hydrogen-bond acceptors (Lipinski definition) is 1. The molecule has 0 saturated heterocycles. The van der Waals surface area contributed by atoms with Gasteiger partial charge in [-0.25, -0.2) is 4.39 Å². The van der Waals surface area contributed by atoms with Gasteiger partial charge >= 0.3 is 0 Å². The SMILES string of the molecule is CC(C)CC1(C(=O)c2ccc(Br)c(Cl)c2F)CCCC1. The lowest BCUT2D eigenvalue weighted by molar-refractivity contribution is 0.0755. The Morgan fingerprint density at radius 2 is 2.00 bits per heavy atom. The third kappa shape index (κ3) is 2.94. The molecular formula is C16H19BrClFO. The zero-order chi connectivity index (χ0) is 14.9. The molecule has 1 saturated carbocycles. The summed E-state index contributed by atoms with van der Waals surface area (Å²) in [5.74, 6) is -0.247. The molecule has 1 aliphatic rings. The number of carbonyl (C=O) groups excluding carboxylic acids is 1. The molecule has 1 aromatic rings. The molecule has 0 bridgehead atoms. The summed E-state index contributed by atoms with van der Waals surface area (Å²) in [4.78, 5) is 12.9. The largest absolute Gasteiger partial charge is 0.293 e. The molecule has 0 heterocycles. The molecule has 2 rings (SSSR count). The minimum Gasteiger partial charge on any atom is -0.293 e. The van der Waals surface area contributed by atoms with Crippen LogP contribution in [0.4, 0.5) is 4.39 Å². The maximum atomic E-state index is 14.3. The van der Waals surface area contributed by atoms with Crippen molar-refractivity contribution in [2.24, 2.45) is 11.3 Å². The quantitative estimate of drug-likeness (QED) is 0.472. The van der Waals surface area contributed by atoms with Crippen LogP contribution in [0.25, 0.3) is 0 Å². The van der Waals surface area contributed by atoms with Gasteiger partial charge in [0.25, 0.3) is 0 Å². The Bertz CT molecular complexity index is 521. The van der Waals surface area contributed by atoms with Crippen molar-refractivity contribution in [3.8, 4) is 0 Å². The minimum atomic E-state index is -0.596. The van der Waals surface area contributed by atoms with Crippen LogP contribution in [0.5, 0.6) is 0 Å². The fourth-order valence-corrected chi connectivity index (χ4v) is 3.82. The zero-order valence-corrected chi connectivity index (χ0v) is 14.2.